The van der Waals surface area contributed by atoms with Gasteiger partial charge < -0.3 is 10.0 Å². The first-order valence-electron chi connectivity index (χ1n) is 5.88. The monoisotopic (exact) mass is 285 g/mol. The molecular weight excluding hydrogens is 273 g/mol. The molecule has 1 heterocycles. The molecule has 1 saturated heterocycles. The van der Waals surface area contributed by atoms with Crippen molar-refractivity contribution in [3.05, 3.63) is 34.1 Å². The molecule has 0 radical (unpaired) electrons. The maximum Gasteiger partial charge on any atom is 0.308 e. The van der Waals surface area contributed by atoms with Crippen LogP contribution in [0.4, 0.5) is 4.39 Å². The van der Waals surface area contributed by atoms with Crippen LogP contribution in [-0.4, -0.2) is 35.0 Å². The lowest BCUT2D eigenvalue weighted by molar-refractivity contribution is -0.141. The molecule has 0 spiro atoms. The SMILES string of the molecule is Cc1ccc(C(=O)N2CCC(C(=O)O)C2)c(F)c1Cl. The second-order valence-electron chi connectivity index (χ2n) is 4.63. The minimum atomic E-state index is -0.933. The van der Waals surface area contributed by atoms with Crippen molar-refractivity contribution in [1.82, 2.24) is 4.90 Å². The van der Waals surface area contributed by atoms with Gasteiger partial charge in [0, 0.05) is 13.1 Å². The molecule has 1 aromatic rings. The summed E-state index contributed by atoms with van der Waals surface area (Å²) in [5.74, 6) is -2.76. The predicted octanol–water partition coefficient (Wildman–Crippen LogP) is 2.33. The number of benzene rings is 1. The van der Waals surface area contributed by atoms with Gasteiger partial charge in [0.25, 0.3) is 5.91 Å². The van der Waals surface area contributed by atoms with E-state index in [0.29, 0.717) is 18.5 Å². The van der Waals surface area contributed by atoms with Gasteiger partial charge in [-0.3, -0.25) is 9.59 Å². The van der Waals surface area contributed by atoms with Gasteiger partial charge in [-0.15, -0.1) is 0 Å². The summed E-state index contributed by atoms with van der Waals surface area (Å²) < 4.78 is 13.9. The van der Waals surface area contributed by atoms with Gasteiger partial charge in [0.1, 0.15) is 0 Å². The Kier molecular flexibility index (Phi) is 3.75. The van der Waals surface area contributed by atoms with Crippen LogP contribution in [0.5, 0.6) is 0 Å². The number of halogens is 2. The van der Waals surface area contributed by atoms with Gasteiger partial charge in [0.05, 0.1) is 16.5 Å². The number of hydrogen-bond acceptors (Lipinski definition) is 2. The molecule has 1 aliphatic heterocycles. The number of rotatable bonds is 2. The van der Waals surface area contributed by atoms with Gasteiger partial charge in [-0.25, -0.2) is 4.39 Å². The van der Waals surface area contributed by atoms with Crippen LogP contribution in [0.15, 0.2) is 12.1 Å². The summed E-state index contributed by atoms with van der Waals surface area (Å²) in [6.45, 7) is 2.08. The first-order chi connectivity index (χ1) is 8.91. The van der Waals surface area contributed by atoms with E-state index in [9.17, 15) is 14.0 Å². The maximum atomic E-state index is 13.9. The van der Waals surface area contributed by atoms with Crippen LogP contribution in [-0.2, 0) is 4.79 Å². The van der Waals surface area contributed by atoms with E-state index in [-0.39, 0.29) is 17.1 Å². The normalized spacial score (nSPS) is 18.7. The fraction of sp³-hybridized carbons (Fsp3) is 0.385. The molecule has 0 saturated carbocycles. The Hall–Kier alpha value is -1.62. The Labute approximate surface area is 114 Å². The van der Waals surface area contributed by atoms with Gasteiger partial charge in [-0.1, -0.05) is 17.7 Å². The first kappa shape index (κ1) is 13.8. The molecule has 0 aliphatic carbocycles. The predicted molar refractivity (Wildman–Crippen MR) is 67.8 cm³/mol. The number of hydrogen-bond donors (Lipinski definition) is 1. The fourth-order valence-electron chi connectivity index (χ4n) is 2.13. The number of nitrogens with zero attached hydrogens (tertiary/aromatic N) is 1. The third-order valence-corrected chi connectivity index (χ3v) is 3.79. The highest BCUT2D eigenvalue weighted by molar-refractivity contribution is 6.31. The second-order valence-corrected chi connectivity index (χ2v) is 5.01. The molecule has 1 amide bonds. The number of aryl methyl sites for hydroxylation is 1. The zero-order valence-corrected chi connectivity index (χ0v) is 11.1. The largest absolute Gasteiger partial charge is 0.481 e. The Morgan fingerprint density at radius 1 is 1.47 bits per heavy atom. The smallest absolute Gasteiger partial charge is 0.308 e. The molecule has 1 aromatic carbocycles. The lowest BCUT2D eigenvalue weighted by Gasteiger charge is -2.17. The number of carbonyl (C=O) groups excluding carboxylic acids is 1. The number of amides is 1. The van der Waals surface area contributed by atoms with Crippen LogP contribution < -0.4 is 0 Å². The van der Waals surface area contributed by atoms with E-state index in [1.807, 2.05) is 0 Å². The summed E-state index contributed by atoms with van der Waals surface area (Å²) in [4.78, 5) is 24.3. The summed E-state index contributed by atoms with van der Waals surface area (Å²) in [6.07, 6.45) is 0.391. The van der Waals surface area contributed by atoms with E-state index in [2.05, 4.69) is 0 Å². The van der Waals surface area contributed by atoms with Gasteiger partial charge in [-0.2, -0.15) is 0 Å². The Morgan fingerprint density at radius 2 is 2.16 bits per heavy atom. The average molecular weight is 286 g/mol. The lowest BCUT2D eigenvalue weighted by Crippen LogP contribution is -2.30. The second kappa shape index (κ2) is 5.17. The molecule has 1 aliphatic rings. The van der Waals surface area contributed by atoms with Crippen molar-refractivity contribution in [2.45, 2.75) is 13.3 Å². The average Bonchev–Trinajstić information content (AvgIpc) is 2.85. The third-order valence-electron chi connectivity index (χ3n) is 3.33. The van der Waals surface area contributed by atoms with Crippen molar-refractivity contribution in [2.24, 2.45) is 5.92 Å². The quantitative estimate of drug-likeness (QED) is 0.907. The molecule has 6 heteroatoms. The summed E-state index contributed by atoms with van der Waals surface area (Å²) in [5, 5.41) is 8.82. The third kappa shape index (κ3) is 2.56. The first-order valence-corrected chi connectivity index (χ1v) is 6.26. The van der Waals surface area contributed by atoms with Crippen LogP contribution >= 0.6 is 11.6 Å². The number of aliphatic carboxylic acids is 1. The standard InChI is InChI=1S/C13H13ClFNO3/c1-7-2-3-9(11(15)10(7)14)12(17)16-5-4-8(6-16)13(18)19/h2-3,8H,4-6H2,1H3,(H,18,19). The van der Waals surface area contributed by atoms with Crippen LogP contribution in [0.25, 0.3) is 0 Å². The highest BCUT2D eigenvalue weighted by atomic mass is 35.5. The molecule has 19 heavy (non-hydrogen) atoms. The summed E-state index contributed by atoms with van der Waals surface area (Å²) in [7, 11) is 0. The minimum Gasteiger partial charge on any atom is -0.481 e. The summed E-state index contributed by atoms with van der Waals surface area (Å²) in [6, 6.07) is 2.95. The van der Waals surface area contributed by atoms with E-state index in [1.165, 1.54) is 11.0 Å². The van der Waals surface area contributed by atoms with Gasteiger partial charge >= 0.3 is 5.97 Å². The van der Waals surface area contributed by atoms with Gasteiger partial charge in [-0.05, 0) is 25.0 Å². The summed E-state index contributed by atoms with van der Waals surface area (Å²) >= 11 is 5.77. The zero-order chi connectivity index (χ0) is 14.2. The van der Waals surface area contributed by atoms with Crippen molar-refractivity contribution >= 4 is 23.5 Å². The number of carbonyl (C=O) groups is 2. The number of carboxylic acids is 1. The lowest BCUT2D eigenvalue weighted by atomic mass is 10.1. The molecule has 0 bridgehead atoms. The number of carboxylic acid groups (broad SMARTS) is 1. The van der Waals surface area contributed by atoms with Crippen LogP contribution in [0.2, 0.25) is 5.02 Å². The molecule has 4 nitrogen and oxygen atoms in total. The molecule has 102 valence electrons. The Balaban J connectivity index is 2.22. The Bertz CT molecular complexity index is 547. The van der Waals surface area contributed by atoms with E-state index < -0.39 is 23.6 Å². The molecule has 0 aromatic heterocycles. The van der Waals surface area contributed by atoms with E-state index in [0.717, 1.165) is 0 Å². The van der Waals surface area contributed by atoms with Crippen molar-refractivity contribution in [1.29, 1.82) is 0 Å². The van der Waals surface area contributed by atoms with Crippen molar-refractivity contribution in [2.75, 3.05) is 13.1 Å². The fourth-order valence-corrected chi connectivity index (χ4v) is 2.29. The highest BCUT2D eigenvalue weighted by Gasteiger charge is 2.32. The Morgan fingerprint density at radius 3 is 2.74 bits per heavy atom. The van der Waals surface area contributed by atoms with Crippen molar-refractivity contribution < 1.29 is 19.1 Å². The number of likely N-dealkylation sites (tertiary alicyclic amines) is 1. The van der Waals surface area contributed by atoms with Crippen LogP contribution in [0.3, 0.4) is 0 Å². The molecule has 1 N–H and O–H groups in total. The van der Waals surface area contributed by atoms with Crippen molar-refractivity contribution in [3.8, 4) is 0 Å². The minimum absolute atomic E-state index is 0.0696. The van der Waals surface area contributed by atoms with E-state index >= 15 is 0 Å². The molecular formula is C13H13ClFNO3. The van der Waals surface area contributed by atoms with Crippen LogP contribution in [0, 0.1) is 18.7 Å². The molecule has 1 unspecified atom stereocenters. The molecule has 2 rings (SSSR count). The summed E-state index contributed by atoms with van der Waals surface area (Å²) in [5.41, 5.74) is 0.446. The highest BCUT2D eigenvalue weighted by Crippen LogP contribution is 2.25. The van der Waals surface area contributed by atoms with E-state index in [1.54, 1.807) is 13.0 Å². The maximum absolute atomic E-state index is 13.9. The zero-order valence-electron chi connectivity index (χ0n) is 10.3. The van der Waals surface area contributed by atoms with E-state index in [4.69, 9.17) is 16.7 Å². The van der Waals surface area contributed by atoms with Gasteiger partial charge in [0.15, 0.2) is 5.82 Å². The van der Waals surface area contributed by atoms with Gasteiger partial charge in [0.2, 0.25) is 0 Å². The topological polar surface area (TPSA) is 57.6 Å². The van der Waals surface area contributed by atoms with Crippen molar-refractivity contribution in [3.63, 3.8) is 0 Å². The molecule has 1 atom stereocenters. The van der Waals surface area contributed by atoms with Crippen LogP contribution in [0.1, 0.15) is 22.3 Å². The molecule has 1 fully saturated rings.